The maximum absolute atomic E-state index is 9.37. The minimum absolute atomic E-state index is 0.506. The molecule has 80 valence electrons. The summed E-state index contributed by atoms with van der Waals surface area (Å²) >= 11 is 0. The summed E-state index contributed by atoms with van der Waals surface area (Å²) in [5, 5.41) is 9.37. The lowest BCUT2D eigenvalue weighted by Crippen LogP contribution is -2.42. The van der Waals surface area contributed by atoms with Crippen LogP contribution in [0.4, 0.5) is 0 Å². The molecule has 0 aromatic heterocycles. The molecule has 4 atom stereocenters. The van der Waals surface area contributed by atoms with Crippen molar-refractivity contribution in [3.63, 3.8) is 0 Å². The van der Waals surface area contributed by atoms with Crippen LogP contribution in [-0.2, 0) is 0 Å². The minimum atomic E-state index is -1.47. The molecular weight excluding hydrogens is 173 g/mol. The summed E-state index contributed by atoms with van der Waals surface area (Å²) in [4.78, 5) is 0. The maximum atomic E-state index is 9.37. The highest BCUT2D eigenvalue weighted by atomic mass is 16.3. The molecule has 0 spiro atoms. The van der Waals surface area contributed by atoms with Crippen LogP contribution in [0.5, 0.6) is 0 Å². The van der Waals surface area contributed by atoms with Crippen LogP contribution in [0, 0.1) is 17.8 Å². The van der Waals surface area contributed by atoms with Crippen LogP contribution in [0.1, 0.15) is 46.0 Å². The van der Waals surface area contributed by atoms with Gasteiger partial charge in [0.2, 0.25) is 0 Å². The Balaban J connectivity index is 2.40. The van der Waals surface area contributed by atoms with Gasteiger partial charge < -0.3 is 10.8 Å². The monoisotopic (exact) mass is 195 g/mol. The first kappa shape index (κ1) is 12.1. The Labute approximate surface area is 88.7 Å². The van der Waals surface area contributed by atoms with Crippen molar-refractivity contribution in [3.8, 4) is 0 Å². The van der Waals surface area contributed by atoms with E-state index < -0.39 is 5.62 Å². The summed E-state index contributed by atoms with van der Waals surface area (Å²) in [5.41, 5.74) is 3.96. The van der Waals surface area contributed by atoms with E-state index in [1.807, 2.05) is 0 Å². The molecule has 1 fully saturated rings. The molecule has 0 aliphatic heterocycles. The fraction of sp³-hybridized carbons (Fsp3) is 1.00. The van der Waals surface area contributed by atoms with Gasteiger partial charge in [-0.1, -0.05) is 26.7 Å². The van der Waals surface area contributed by atoms with E-state index in [4.69, 9.17) is 13.6 Å². The van der Waals surface area contributed by atoms with Gasteiger partial charge in [-0.2, -0.15) is 0 Å². The molecule has 0 aromatic rings. The fourth-order valence-electron chi connectivity index (χ4n) is 2.82. The number of rotatable bonds is 4. The van der Waals surface area contributed by atoms with Crippen LogP contribution < -0.4 is 5.73 Å². The molecule has 1 aliphatic rings. The molecule has 1 saturated carbocycles. The standard InChI is InChI=1S/C11H22BNO/c1-3-4-9-5-8(2)10(6-9)7-11(12,13)14/h8-10,14H,3-7,13H2,1-2H3. The Morgan fingerprint density at radius 1 is 1.50 bits per heavy atom. The third-order valence-corrected chi connectivity index (χ3v) is 3.43. The maximum Gasteiger partial charge on any atom is 0.135 e. The molecule has 0 amide bonds. The van der Waals surface area contributed by atoms with Crippen molar-refractivity contribution in [3.05, 3.63) is 0 Å². The quantitative estimate of drug-likeness (QED) is 0.528. The first-order valence-corrected chi connectivity index (χ1v) is 5.72. The first-order chi connectivity index (χ1) is 6.42. The summed E-state index contributed by atoms with van der Waals surface area (Å²) < 4.78 is 0. The Bertz CT molecular complexity index is 179. The highest BCUT2D eigenvalue weighted by Crippen LogP contribution is 2.41. The Hall–Kier alpha value is -0.0151. The van der Waals surface area contributed by atoms with Gasteiger partial charge in [-0.05, 0) is 37.0 Å². The van der Waals surface area contributed by atoms with E-state index >= 15 is 0 Å². The summed E-state index contributed by atoms with van der Waals surface area (Å²) in [6.07, 6.45) is 5.54. The van der Waals surface area contributed by atoms with Crippen molar-refractivity contribution in [2.45, 2.75) is 51.6 Å². The highest BCUT2D eigenvalue weighted by molar-refractivity contribution is 6.13. The second-order valence-electron chi connectivity index (χ2n) is 5.06. The third kappa shape index (κ3) is 3.62. The second-order valence-corrected chi connectivity index (χ2v) is 5.06. The van der Waals surface area contributed by atoms with E-state index in [0.29, 0.717) is 18.3 Å². The van der Waals surface area contributed by atoms with E-state index in [0.717, 1.165) is 5.92 Å². The van der Waals surface area contributed by atoms with Gasteiger partial charge in [0.25, 0.3) is 0 Å². The zero-order valence-corrected chi connectivity index (χ0v) is 9.37. The van der Waals surface area contributed by atoms with Crippen molar-refractivity contribution in [2.75, 3.05) is 0 Å². The Morgan fingerprint density at radius 3 is 2.64 bits per heavy atom. The lowest BCUT2D eigenvalue weighted by molar-refractivity contribution is 0.0963. The van der Waals surface area contributed by atoms with Gasteiger partial charge in [0.15, 0.2) is 0 Å². The molecule has 1 aliphatic carbocycles. The summed E-state index contributed by atoms with van der Waals surface area (Å²) in [6.45, 7) is 4.46. The summed E-state index contributed by atoms with van der Waals surface area (Å²) in [7, 11) is 5.43. The molecule has 14 heavy (non-hydrogen) atoms. The average molecular weight is 195 g/mol. The molecule has 0 aromatic carbocycles. The van der Waals surface area contributed by atoms with Crippen LogP contribution >= 0.6 is 0 Å². The molecule has 2 radical (unpaired) electrons. The molecule has 0 bridgehead atoms. The normalized spacial score (nSPS) is 37.0. The second kappa shape index (κ2) is 4.67. The molecule has 2 nitrogen and oxygen atoms in total. The molecule has 1 rings (SSSR count). The lowest BCUT2D eigenvalue weighted by atomic mass is 9.80. The van der Waals surface area contributed by atoms with Gasteiger partial charge in [0.05, 0.1) is 5.62 Å². The van der Waals surface area contributed by atoms with E-state index in [1.165, 1.54) is 25.7 Å². The minimum Gasteiger partial charge on any atom is -0.385 e. The fourth-order valence-corrected chi connectivity index (χ4v) is 2.82. The molecular formula is C11H22BNO. The van der Waals surface area contributed by atoms with Gasteiger partial charge >= 0.3 is 0 Å². The van der Waals surface area contributed by atoms with E-state index in [-0.39, 0.29) is 0 Å². The zero-order chi connectivity index (χ0) is 10.8. The smallest absolute Gasteiger partial charge is 0.135 e. The molecule has 3 heteroatoms. The van der Waals surface area contributed by atoms with E-state index in [2.05, 4.69) is 13.8 Å². The van der Waals surface area contributed by atoms with E-state index in [1.54, 1.807) is 0 Å². The number of aliphatic hydroxyl groups is 1. The Morgan fingerprint density at radius 2 is 2.14 bits per heavy atom. The summed E-state index contributed by atoms with van der Waals surface area (Å²) in [5.74, 6) is 1.99. The third-order valence-electron chi connectivity index (χ3n) is 3.43. The van der Waals surface area contributed by atoms with Gasteiger partial charge in [-0.25, -0.2) is 0 Å². The average Bonchev–Trinajstić information content (AvgIpc) is 2.29. The zero-order valence-electron chi connectivity index (χ0n) is 9.37. The van der Waals surface area contributed by atoms with Crippen LogP contribution in [0.15, 0.2) is 0 Å². The highest BCUT2D eigenvalue weighted by Gasteiger charge is 2.33. The molecule has 3 N–H and O–H groups in total. The van der Waals surface area contributed by atoms with Crippen LogP contribution in [0.3, 0.4) is 0 Å². The molecule has 4 unspecified atom stereocenters. The van der Waals surface area contributed by atoms with Gasteiger partial charge in [-0.15, -0.1) is 0 Å². The van der Waals surface area contributed by atoms with Crippen LogP contribution in [0.2, 0.25) is 0 Å². The van der Waals surface area contributed by atoms with Crippen molar-refractivity contribution < 1.29 is 5.11 Å². The van der Waals surface area contributed by atoms with Gasteiger partial charge in [0.1, 0.15) is 7.85 Å². The lowest BCUT2D eigenvalue weighted by Gasteiger charge is -2.25. The van der Waals surface area contributed by atoms with Crippen molar-refractivity contribution in [2.24, 2.45) is 23.5 Å². The van der Waals surface area contributed by atoms with Crippen LogP contribution in [-0.4, -0.2) is 18.6 Å². The Kier molecular flexibility index (Phi) is 4.02. The molecule has 0 heterocycles. The number of hydrogen-bond donors (Lipinski definition) is 2. The van der Waals surface area contributed by atoms with Gasteiger partial charge in [-0.3, -0.25) is 0 Å². The topological polar surface area (TPSA) is 46.2 Å². The van der Waals surface area contributed by atoms with Crippen LogP contribution in [0.25, 0.3) is 0 Å². The number of hydrogen-bond acceptors (Lipinski definition) is 2. The first-order valence-electron chi connectivity index (χ1n) is 5.72. The summed E-state index contributed by atoms with van der Waals surface area (Å²) in [6, 6.07) is 0. The van der Waals surface area contributed by atoms with Crippen molar-refractivity contribution in [1.29, 1.82) is 0 Å². The predicted molar refractivity (Wildman–Crippen MR) is 59.8 cm³/mol. The van der Waals surface area contributed by atoms with Gasteiger partial charge in [0, 0.05) is 0 Å². The largest absolute Gasteiger partial charge is 0.385 e. The molecule has 0 saturated heterocycles. The van der Waals surface area contributed by atoms with Crippen molar-refractivity contribution >= 4 is 7.85 Å². The van der Waals surface area contributed by atoms with E-state index in [9.17, 15) is 5.11 Å². The predicted octanol–water partition coefficient (Wildman–Crippen LogP) is 1.61. The SMILES string of the molecule is [B]C(N)(O)CC1CC(CCC)CC1C. The van der Waals surface area contributed by atoms with Crippen molar-refractivity contribution in [1.82, 2.24) is 0 Å². The number of nitrogens with two attached hydrogens (primary N) is 1.